The van der Waals surface area contributed by atoms with Crippen LogP contribution in [0.5, 0.6) is 0 Å². The summed E-state index contributed by atoms with van der Waals surface area (Å²) in [5.74, 6) is 0. The van der Waals surface area contributed by atoms with E-state index in [2.05, 4.69) is 31.0 Å². The van der Waals surface area contributed by atoms with Crippen LogP contribution in [0.25, 0.3) is 5.65 Å². The molecule has 0 amide bonds. The molecule has 3 aromatic heterocycles. The molecule has 5 nitrogen and oxygen atoms in total. The van der Waals surface area contributed by atoms with Crippen LogP contribution < -0.4 is 0 Å². The molecule has 0 aliphatic rings. The van der Waals surface area contributed by atoms with Crippen LogP contribution in [0.2, 0.25) is 0 Å². The number of hydrogen-bond donors (Lipinski definition) is 0. The Morgan fingerprint density at radius 1 is 1.39 bits per heavy atom. The predicted octanol–water partition coefficient (Wildman–Crippen LogP) is 2.68. The summed E-state index contributed by atoms with van der Waals surface area (Å²) in [6, 6.07) is 2.03. The van der Waals surface area contributed by atoms with Gasteiger partial charge in [-0.15, -0.1) is 0 Å². The minimum absolute atomic E-state index is 0.786. The minimum Gasteiger partial charge on any atom is -0.302 e. The maximum Gasteiger partial charge on any atom is 0.170 e. The number of nitrogens with zero attached hydrogens (tertiary/aromatic N) is 5. The molecule has 0 aromatic carbocycles. The van der Waals surface area contributed by atoms with Crippen molar-refractivity contribution in [3.05, 3.63) is 35.0 Å². The molecule has 0 N–H and O–H groups in total. The lowest BCUT2D eigenvalue weighted by Gasteiger charge is -2.03. The third-order valence-corrected chi connectivity index (χ3v) is 3.91. The van der Waals surface area contributed by atoms with Gasteiger partial charge in [0.15, 0.2) is 5.65 Å². The molecule has 0 atom stereocenters. The molecular formula is C11H10BrN5S. The molecule has 3 aromatic rings. The van der Waals surface area contributed by atoms with Crippen LogP contribution in [0.15, 0.2) is 39.3 Å². The lowest BCUT2D eigenvalue weighted by Crippen LogP contribution is -1.95. The Kier molecular flexibility index (Phi) is 2.87. The Morgan fingerprint density at radius 3 is 2.94 bits per heavy atom. The van der Waals surface area contributed by atoms with Gasteiger partial charge in [-0.3, -0.25) is 4.68 Å². The first-order valence-electron chi connectivity index (χ1n) is 5.31. The van der Waals surface area contributed by atoms with Crippen molar-refractivity contribution in [2.75, 3.05) is 0 Å². The fourth-order valence-corrected chi connectivity index (χ4v) is 3.23. The SMILES string of the molecule is Cc1cc(Sc2nc(Br)cn3ccnc23)n(C)n1. The van der Waals surface area contributed by atoms with Gasteiger partial charge in [-0.2, -0.15) is 5.10 Å². The van der Waals surface area contributed by atoms with E-state index in [1.807, 2.05) is 41.5 Å². The summed E-state index contributed by atoms with van der Waals surface area (Å²) in [7, 11) is 1.93. The zero-order valence-electron chi connectivity index (χ0n) is 9.83. The molecule has 0 aliphatic heterocycles. The third kappa shape index (κ3) is 2.04. The second-order valence-electron chi connectivity index (χ2n) is 3.88. The highest BCUT2D eigenvalue weighted by atomic mass is 79.9. The molecule has 0 unspecified atom stereocenters. The average Bonchev–Trinajstić information content (AvgIpc) is 2.86. The lowest BCUT2D eigenvalue weighted by molar-refractivity contribution is 0.692. The lowest BCUT2D eigenvalue weighted by atomic mass is 10.5. The molecule has 0 saturated carbocycles. The fraction of sp³-hybridized carbons (Fsp3) is 0.182. The van der Waals surface area contributed by atoms with Crippen molar-refractivity contribution < 1.29 is 0 Å². The smallest absolute Gasteiger partial charge is 0.170 e. The maximum atomic E-state index is 4.47. The predicted molar refractivity (Wildman–Crippen MR) is 72.8 cm³/mol. The van der Waals surface area contributed by atoms with Gasteiger partial charge in [-0.25, -0.2) is 9.97 Å². The van der Waals surface area contributed by atoms with Crippen LogP contribution in [0.3, 0.4) is 0 Å². The number of hydrogen-bond acceptors (Lipinski definition) is 4. The fourth-order valence-electron chi connectivity index (χ4n) is 1.72. The van der Waals surface area contributed by atoms with Crippen LogP contribution in [0, 0.1) is 6.92 Å². The van der Waals surface area contributed by atoms with Gasteiger partial charge in [0.05, 0.1) is 5.69 Å². The van der Waals surface area contributed by atoms with Crippen LogP contribution in [-0.2, 0) is 7.05 Å². The van der Waals surface area contributed by atoms with Gasteiger partial charge in [-0.1, -0.05) is 0 Å². The molecule has 3 rings (SSSR count). The van der Waals surface area contributed by atoms with Gasteiger partial charge in [0.2, 0.25) is 0 Å². The average molecular weight is 324 g/mol. The Morgan fingerprint density at radius 2 is 2.22 bits per heavy atom. The first-order chi connectivity index (χ1) is 8.63. The van der Waals surface area contributed by atoms with E-state index in [-0.39, 0.29) is 0 Å². The molecule has 3 heterocycles. The Labute approximate surface area is 116 Å². The topological polar surface area (TPSA) is 48.0 Å². The quantitative estimate of drug-likeness (QED) is 0.727. The van der Waals surface area contributed by atoms with Crippen LogP contribution in [0.1, 0.15) is 5.69 Å². The monoisotopic (exact) mass is 323 g/mol. The van der Waals surface area contributed by atoms with E-state index in [0.717, 1.165) is 26.0 Å². The standard InChI is InChI=1S/C11H10BrN5S/c1-7-5-9(16(2)15-7)18-11-10-13-3-4-17(10)6-8(12)14-11/h3-6H,1-2H3. The highest BCUT2D eigenvalue weighted by Crippen LogP contribution is 2.29. The van der Waals surface area contributed by atoms with Crippen molar-refractivity contribution in [3.8, 4) is 0 Å². The Hall–Kier alpha value is -1.34. The molecule has 92 valence electrons. The van der Waals surface area contributed by atoms with Crippen molar-refractivity contribution in [3.63, 3.8) is 0 Å². The van der Waals surface area contributed by atoms with Gasteiger partial charge in [0, 0.05) is 25.6 Å². The van der Waals surface area contributed by atoms with Gasteiger partial charge in [0.1, 0.15) is 14.7 Å². The molecule has 0 radical (unpaired) electrons. The number of aryl methyl sites for hydroxylation is 2. The summed E-state index contributed by atoms with van der Waals surface area (Å²) in [5, 5.41) is 6.23. The third-order valence-electron chi connectivity index (χ3n) is 2.47. The number of fused-ring (bicyclic) bond motifs is 1. The van der Waals surface area contributed by atoms with E-state index in [4.69, 9.17) is 0 Å². The molecule has 0 fully saturated rings. The zero-order valence-corrected chi connectivity index (χ0v) is 12.2. The molecular weight excluding hydrogens is 314 g/mol. The summed E-state index contributed by atoms with van der Waals surface area (Å²) < 4.78 is 4.58. The van der Waals surface area contributed by atoms with E-state index >= 15 is 0 Å². The van der Waals surface area contributed by atoms with Gasteiger partial charge < -0.3 is 4.40 Å². The molecule has 0 saturated heterocycles. The second kappa shape index (κ2) is 4.40. The molecule has 0 aliphatic carbocycles. The summed E-state index contributed by atoms with van der Waals surface area (Å²) in [6.45, 7) is 1.98. The van der Waals surface area contributed by atoms with Crippen molar-refractivity contribution in [1.29, 1.82) is 0 Å². The summed E-state index contributed by atoms with van der Waals surface area (Å²) in [4.78, 5) is 8.80. The zero-order chi connectivity index (χ0) is 12.7. The second-order valence-corrected chi connectivity index (χ2v) is 5.70. The van der Waals surface area contributed by atoms with Crippen LogP contribution in [0.4, 0.5) is 0 Å². The number of halogens is 1. The highest BCUT2D eigenvalue weighted by molar-refractivity contribution is 9.10. The normalized spacial score (nSPS) is 11.3. The number of aromatic nitrogens is 5. The van der Waals surface area contributed by atoms with Crippen molar-refractivity contribution in [2.45, 2.75) is 17.0 Å². The molecule has 0 bridgehead atoms. The van der Waals surface area contributed by atoms with E-state index < -0.39 is 0 Å². The molecule has 7 heteroatoms. The largest absolute Gasteiger partial charge is 0.302 e. The Bertz CT molecular complexity index is 717. The highest BCUT2D eigenvalue weighted by Gasteiger charge is 2.11. The summed E-state index contributed by atoms with van der Waals surface area (Å²) in [6.07, 6.45) is 5.56. The van der Waals surface area contributed by atoms with Crippen molar-refractivity contribution in [1.82, 2.24) is 24.1 Å². The van der Waals surface area contributed by atoms with E-state index in [1.165, 1.54) is 0 Å². The van der Waals surface area contributed by atoms with E-state index in [1.54, 1.807) is 18.0 Å². The van der Waals surface area contributed by atoms with E-state index in [0.29, 0.717) is 0 Å². The van der Waals surface area contributed by atoms with Gasteiger partial charge >= 0.3 is 0 Å². The minimum atomic E-state index is 0.786. The van der Waals surface area contributed by atoms with Gasteiger partial charge in [-0.05, 0) is 40.7 Å². The molecule has 18 heavy (non-hydrogen) atoms. The van der Waals surface area contributed by atoms with Crippen LogP contribution >= 0.6 is 27.7 Å². The van der Waals surface area contributed by atoms with Crippen molar-refractivity contribution >= 4 is 33.3 Å². The number of rotatable bonds is 2. The maximum absolute atomic E-state index is 4.47. The number of imidazole rings is 1. The van der Waals surface area contributed by atoms with Crippen LogP contribution in [-0.4, -0.2) is 24.1 Å². The Balaban J connectivity index is 2.09. The molecule has 0 spiro atoms. The first-order valence-corrected chi connectivity index (χ1v) is 6.92. The van der Waals surface area contributed by atoms with E-state index in [9.17, 15) is 0 Å². The van der Waals surface area contributed by atoms with Crippen molar-refractivity contribution in [2.24, 2.45) is 7.05 Å². The first kappa shape index (κ1) is 11.7. The summed E-state index contributed by atoms with van der Waals surface area (Å²) in [5.41, 5.74) is 1.84. The summed E-state index contributed by atoms with van der Waals surface area (Å²) >= 11 is 4.97. The van der Waals surface area contributed by atoms with Gasteiger partial charge in [0.25, 0.3) is 0 Å².